The molecule has 9 heteroatoms. The molecule has 4 aromatic carbocycles. The fraction of sp³-hybridized carbons (Fsp3) is 0.0938. The third kappa shape index (κ3) is 4.06. The molecule has 2 N–H and O–H groups in total. The number of aromatic nitrogens is 1. The minimum Gasteiger partial charge on any atom is -0.356 e. The van der Waals surface area contributed by atoms with Crippen molar-refractivity contribution in [3.05, 3.63) is 130 Å². The molecule has 0 spiro atoms. The zero-order chi connectivity index (χ0) is 28.2. The first kappa shape index (κ1) is 25.0. The van der Waals surface area contributed by atoms with Gasteiger partial charge in [-0.1, -0.05) is 54.1 Å². The van der Waals surface area contributed by atoms with Crippen LogP contribution in [-0.4, -0.2) is 33.8 Å². The molecule has 1 fully saturated rings. The number of amides is 4. The molecule has 0 bridgehead atoms. The summed E-state index contributed by atoms with van der Waals surface area (Å²) in [5, 5.41) is 4.23. The Kier molecular flexibility index (Phi) is 5.87. The van der Waals surface area contributed by atoms with Crippen LogP contribution in [0.2, 0.25) is 5.02 Å². The van der Waals surface area contributed by atoms with Gasteiger partial charge in [-0.2, -0.15) is 0 Å². The van der Waals surface area contributed by atoms with Crippen molar-refractivity contribution in [3.8, 4) is 0 Å². The lowest BCUT2D eigenvalue weighted by atomic mass is 9.89. The molecule has 5 aromatic rings. The van der Waals surface area contributed by atoms with Crippen LogP contribution in [0.1, 0.15) is 33.2 Å². The number of imide groups is 1. The summed E-state index contributed by atoms with van der Waals surface area (Å²) in [5.41, 5.74) is 4.18. The highest BCUT2D eigenvalue weighted by atomic mass is 35.5. The predicted molar refractivity (Wildman–Crippen MR) is 155 cm³/mol. The maximum absolute atomic E-state index is 14.2. The zero-order valence-corrected chi connectivity index (χ0v) is 22.2. The number of aromatic amines is 1. The molecule has 0 aliphatic carbocycles. The van der Waals surface area contributed by atoms with Gasteiger partial charge in [0.1, 0.15) is 17.9 Å². The molecule has 1 aromatic heterocycles. The number of benzene rings is 4. The molecule has 4 amide bonds. The quantitative estimate of drug-likeness (QED) is 0.238. The Balaban J connectivity index is 1.32. The Morgan fingerprint density at radius 1 is 0.927 bits per heavy atom. The molecule has 7 rings (SSSR count). The number of H-pyrrole nitrogens is 1. The summed E-state index contributed by atoms with van der Waals surface area (Å²) < 4.78 is 13.4. The van der Waals surface area contributed by atoms with Crippen molar-refractivity contribution in [2.75, 3.05) is 10.2 Å². The highest BCUT2D eigenvalue weighted by molar-refractivity contribution is 6.30. The van der Waals surface area contributed by atoms with E-state index in [0.29, 0.717) is 17.1 Å². The van der Waals surface area contributed by atoms with Crippen molar-refractivity contribution in [1.29, 1.82) is 0 Å². The van der Waals surface area contributed by atoms with Crippen molar-refractivity contribution in [2.45, 2.75) is 18.5 Å². The highest BCUT2D eigenvalue weighted by Crippen LogP contribution is 2.45. The Morgan fingerprint density at radius 2 is 1.68 bits per heavy atom. The SMILES string of the molecule is O=C(Nc1ccc(F)cc1)c1ccccc1N1C(=O)[C@@H]2Cc3c([nH]c4ccccc34)C(c3cccc(Cl)c3)N2C1=O. The molecule has 202 valence electrons. The van der Waals surface area contributed by atoms with Crippen LogP contribution in [0.3, 0.4) is 0 Å². The molecular formula is C32H22ClFN4O3. The van der Waals surface area contributed by atoms with Crippen molar-refractivity contribution in [1.82, 2.24) is 9.88 Å². The number of nitrogens with zero attached hydrogens (tertiary/aromatic N) is 2. The largest absolute Gasteiger partial charge is 0.356 e. The van der Waals surface area contributed by atoms with Crippen LogP contribution in [0.4, 0.5) is 20.6 Å². The Labute approximate surface area is 239 Å². The first-order valence-corrected chi connectivity index (χ1v) is 13.5. The van der Waals surface area contributed by atoms with E-state index in [4.69, 9.17) is 11.6 Å². The fourth-order valence-corrected chi connectivity index (χ4v) is 6.11. The number of halogens is 2. The van der Waals surface area contributed by atoms with Crippen molar-refractivity contribution < 1.29 is 18.8 Å². The topological polar surface area (TPSA) is 85.5 Å². The van der Waals surface area contributed by atoms with E-state index >= 15 is 0 Å². The van der Waals surface area contributed by atoms with Gasteiger partial charge in [-0.25, -0.2) is 14.1 Å². The molecule has 2 atom stereocenters. The number of carbonyl (C=O) groups is 3. The molecule has 7 nitrogen and oxygen atoms in total. The summed E-state index contributed by atoms with van der Waals surface area (Å²) in [4.78, 5) is 47.8. The van der Waals surface area contributed by atoms with Crippen LogP contribution < -0.4 is 10.2 Å². The average molecular weight is 565 g/mol. The standard InChI is InChI=1S/C32H22ClFN4O3/c33-19-7-5-6-18(16-19)29-28-24(22-8-1-3-10-25(22)36-28)17-27-31(40)38(32(41)37(27)29)26-11-4-2-9-23(26)30(39)35-21-14-12-20(34)13-15-21/h1-16,27,29,36H,17H2,(H,35,39)/t27-,29?/m0/s1. The van der Waals surface area contributed by atoms with E-state index in [0.717, 1.165) is 32.6 Å². The first-order valence-electron chi connectivity index (χ1n) is 13.1. The van der Waals surface area contributed by atoms with Gasteiger partial charge in [0.25, 0.3) is 11.8 Å². The van der Waals surface area contributed by atoms with Crippen LogP contribution in [0.5, 0.6) is 0 Å². The van der Waals surface area contributed by atoms with Crippen LogP contribution in [0, 0.1) is 5.82 Å². The first-order chi connectivity index (χ1) is 19.9. The molecule has 1 saturated heterocycles. The lowest BCUT2D eigenvalue weighted by Crippen LogP contribution is -2.44. The summed E-state index contributed by atoms with van der Waals surface area (Å²) in [6, 6.07) is 25.0. The molecule has 0 radical (unpaired) electrons. The van der Waals surface area contributed by atoms with E-state index < -0.39 is 35.7 Å². The summed E-state index contributed by atoms with van der Waals surface area (Å²) >= 11 is 6.38. The summed E-state index contributed by atoms with van der Waals surface area (Å²) in [6.07, 6.45) is 0.321. The van der Waals surface area contributed by atoms with Gasteiger partial charge in [-0.15, -0.1) is 0 Å². The second-order valence-corrected chi connectivity index (χ2v) is 10.5. The third-order valence-corrected chi connectivity index (χ3v) is 7.94. The van der Waals surface area contributed by atoms with Gasteiger partial charge >= 0.3 is 6.03 Å². The van der Waals surface area contributed by atoms with Crippen LogP contribution >= 0.6 is 11.6 Å². The molecular weight excluding hydrogens is 543 g/mol. The fourth-order valence-electron chi connectivity index (χ4n) is 5.91. The number of nitrogens with one attached hydrogen (secondary N) is 2. The molecule has 2 aliphatic heterocycles. The summed E-state index contributed by atoms with van der Waals surface area (Å²) in [6.45, 7) is 0. The minimum atomic E-state index is -0.786. The summed E-state index contributed by atoms with van der Waals surface area (Å²) in [7, 11) is 0. The number of anilines is 2. The second kappa shape index (κ2) is 9.60. The van der Waals surface area contributed by atoms with Gasteiger partial charge in [-0.3, -0.25) is 14.5 Å². The van der Waals surface area contributed by atoms with E-state index in [9.17, 15) is 18.8 Å². The molecule has 41 heavy (non-hydrogen) atoms. The normalized spacial score (nSPS) is 18.0. The average Bonchev–Trinajstić information content (AvgIpc) is 3.47. The number of urea groups is 1. The van der Waals surface area contributed by atoms with E-state index in [1.807, 2.05) is 36.4 Å². The Hall–Kier alpha value is -4.95. The van der Waals surface area contributed by atoms with Crippen LogP contribution in [0.15, 0.2) is 97.1 Å². The number of hydrogen-bond acceptors (Lipinski definition) is 3. The third-order valence-electron chi connectivity index (χ3n) is 7.71. The minimum absolute atomic E-state index is 0.140. The van der Waals surface area contributed by atoms with Gasteiger partial charge in [-0.05, 0) is 65.7 Å². The van der Waals surface area contributed by atoms with Gasteiger partial charge in [0.2, 0.25) is 0 Å². The number of fused-ring (bicyclic) bond motifs is 4. The Bertz CT molecular complexity index is 1870. The number of hydrogen-bond donors (Lipinski definition) is 2. The lowest BCUT2D eigenvalue weighted by molar-refractivity contribution is -0.120. The van der Waals surface area contributed by atoms with E-state index in [-0.39, 0.29) is 11.3 Å². The Morgan fingerprint density at radius 3 is 2.49 bits per heavy atom. The smallest absolute Gasteiger partial charge is 0.332 e. The maximum atomic E-state index is 14.2. The van der Waals surface area contributed by atoms with E-state index in [1.54, 1.807) is 41.3 Å². The number of para-hydroxylation sites is 2. The van der Waals surface area contributed by atoms with Gasteiger partial charge < -0.3 is 10.3 Å². The van der Waals surface area contributed by atoms with Crippen molar-refractivity contribution >= 4 is 51.7 Å². The molecule has 2 aliphatic rings. The molecule has 3 heterocycles. The summed E-state index contributed by atoms with van der Waals surface area (Å²) in [5.74, 6) is -1.37. The molecule has 0 saturated carbocycles. The van der Waals surface area contributed by atoms with Gasteiger partial charge in [0.05, 0.1) is 11.3 Å². The van der Waals surface area contributed by atoms with E-state index in [2.05, 4.69) is 10.3 Å². The maximum Gasteiger partial charge on any atom is 0.332 e. The van der Waals surface area contributed by atoms with Crippen molar-refractivity contribution in [3.63, 3.8) is 0 Å². The lowest BCUT2D eigenvalue weighted by Gasteiger charge is -2.36. The predicted octanol–water partition coefficient (Wildman–Crippen LogP) is 6.70. The van der Waals surface area contributed by atoms with E-state index in [1.165, 1.54) is 24.3 Å². The van der Waals surface area contributed by atoms with Gasteiger partial charge in [0.15, 0.2) is 0 Å². The number of rotatable bonds is 4. The zero-order valence-electron chi connectivity index (χ0n) is 21.5. The van der Waals surface area contributed by atoms with Crippen LogP contribution in [0.25, 0.3) is 10.9 Å². The monoisotopic (exact) mass is 564 g/mol. The molecule has 1 unspecified atom stereocenters. The van der Waals surface area contributed by atoms with Crippen molar-refractivity contribution in [2.24, 2.45) is 0 Å². The number of carbonyl (C=O) groups excluding carboxylic acids is 3. The highest BCUT2D eigenvalue weighted by Gasteiger charge is 2.53. The van der Waals surface area contributed by atoms with Crippen LogP contribution in [-0.2, 0) is 11.2 Å². The van der Waals surface area contributed by atoms with Gasteiger partial charge in [0, 0.05) is 33.7 Å². The second-order valence-electron chi connectivity index (χ2n) is 10.1.